The summed E-state index contributed by atoms with van der Waals surface area (Å²) in [4.78, 5) is 19.2. The van der Waals surface area contributed by atoms with Crippen molar-refractivity contribution in [2.75, 3.05) is 24.7 Å². The van der Waals surface area contributed by atoms with E-state index in [1.54, 1.807) is 19.5 Å². The van der Waals surface area contributed by atoms with Gasteiger partial charge in [0.05, 0.1) is 18.2 Å². The number of imidazole rings is 1. The van der Waals surface area contributed by atoms with Crippen LogP contribution in [0.1, 0.15) is 52.4 Å². The second-order valence-corrected chi connectivity index (χ2v) is 9.11. The first-order valence-electron chi connectivity index (χ1n) is 11.9. The van der Waals surface area contributed by atoms with Crippen LogP contribution < -0.4 is 10.1 Å². The molecule has 36 heavy (non-hydrogen) atoms. The molecule has 3 aromatic rings. The number of nitrogens with zero attached hydrogens (tertiary/aromatic N) is 3. The minimum Gasteiger partial charge on any atom is -0.496 e. The van der Waals surface area contributed by atoms with Crippen molar-refractivity contribution in [3.8, 4) is 17.0 Å². The zero-order valence-corrected chi connectivity index (χ0v) is 21.6. The number of nitrogens with one attached hydrogen (secondary N) is 1. The summed E-state index contributed by atoms with van der Waals surface area (Å²) in [6.45, 7) is 5.37. The van der Waals surface area contributed by atoms with Crippen molar-refractivity contribution in [3.05, 3.63) is 36.8 Å². The van der Waals surface area contributed by atoms with Gasteiger partial charge in [-0.3, -0.25) is 9.38 Å². The van der Waals surface area contributed by atoms with Crippen LogP contribution in [-0.2, 0) is 4.79 Å². The van der Waals surface area contributed by atoms with Gasteiger partial charge in [0.2, 0.25) is 0 Å². The smallest absolute Gasteiger partial charge is 0.490 e. The first-order chi connectivity index (χ1) is 17.2. The lowest BCUT2D eigenvalue weighted by molar-refractivity contribution is -0.192. The van der Waals surface area contributed by atoms with Gasteiger partial charge in [0.15, 0.2) is 5.65 Å². The maximum atomic E-state index is 10.6. The Balaban J connectivity index is 0.000000572. The molecule has 0 amide bonds. The molecule has 0 spiro atoms. The molecule has 0 bridgehead atoms. The first-order valence-corrected chi connectivity index (χ1v) is 12.9. The number of halogens is 3. The number of fused-ring (bicyclic) bond motifs is 1. The number of carboxylic acid groups (broad SMARTS) is 1. The molecule has 2 N–H and O–H groups in total. The largest absolute Gasteiger partial charge is 0.496 e. The summed E-state index contributed by atoms with van der Waals surface area (Å²) in [5, 5.41) is 10.7. The van der Waals surface area contributed by atoms with E-state index in [9.17, 15) is 13.2 Å². The second-order valence-electron chi connectivity index (χ2n) is 7.97. The topological polar surface area (TPSA) is 88.8 Å². The molecule has 1 aromatic carbocycles. The van der Waals surface area contributed by atoms with Crippen molar-refractivity contribution in [3.63, 3.8) is 0 Å². The van der Waals surface area contributed by atoms with E-state index in [4.69, 9.17) is 19.6 Å². The highest BCUT2D eigenvalue weighted by molar-refractivity contribution is 7.99. The molecule has 0 unspecified atom stereocenters. The minimum atomic E-state index is -5.08. The summed E-state index contributed by atoms with van der Waals surface area (Å²) in [7, 11) is 1.74. The number of ether oxygens (including phenoxy) is 1. The summed E-state index contributed by atoms with van der Waals surface area (Å²) in [5.74, 6) is 0.309. The predicted molar refractivity (Wildman–Crippen MR) is 137 cm³/mol. The average molecular weight is 527 g/mol. The highest BCUT2D eigenvalue weighted by Crippen LogP contribution is 2.36. The van der Waals surface area contributed by atoms with Gasteiger partial charge >= 0.3 is 12.1 Å². The number of hydrogen-bond acceptors (Lipinski definition) is 6. The van der Waals surface area contributed by atoms with Gasteiger partial charge in [0, 0.05) is 24.5 Å². The van der Waals surface area contributed by atoms with Crippen molar-refractivity contribution in [1.82, 2.24) is 14.4 Å². The molecule has 11 heteroatoms. The van der Waals surface area contributed by atoms with Gasteiger partial charge in [-0.25, -0.2) is 9.78 Å². The van der Waals surface area contributed by atoms with Crippen LogP contribution in [-0.4, -0.2) is 51.0 Å². The maximum absolute atomic E-state index is 10.6. The first kappa shape index (κ1) is 29.3. The fourth-order valence-corrected chi connectivity index (χ4v) is 4.38. The highest BCUT2D eigenvalue weighted by atomic mass is 32.2. The number of benzene rings is 1. The number of hydrogen-bond donors (Lipinski definition) is 2. The van der Waals surface area contributed by atoms with E-state index in [2.05, 4.69) is 46.7 Å². The van der Waals surface area contributed by atoms with E-state index in [0.29, 0.717) is 0 Å². The molecule has 3 rings (SSSR count). The molecule has 2 aromatic heterocycles. The van der Waals surface area contributed by atoms with Crippen LogP contribution in [0, 0.1) is 0 Å². The molecule has 0 aliphatic heterocycles. The Morgan fingerprint density at radius 2 is 1.89 bits per heavy atom. The highest BCUT2D eigenvalue weighted by Gasteiger charge is 2.38. The Morgan fingerprint density at radius 1 is 1.17 bits per heavy atom. The Bertz CT molecular complexity index is 1110. The van der Waals surface area contributed by atoms with E-state index < -0.39 is 12.1 Å². The third kappa shape index (κ3) is 8.61. The van der Waals surface area contributed by atoms with Gasteiger partial charge in [0.1, 0.15) is 17.3 Å². The van der Waals surface area contributed by atoms with Crippen LogP contribution in [0.25, 0.3) is 16.9 Å². The van der Waals surface area contributed by atoms with Gasteiger partial charge in [-0.1, -0.05) is 39.5 Å². The molecule has 198 valence electrons. The van der Waals surface area contributed by atoms with Gasteiger partial charge in [-0.15, -0.1) is 11.8 Å². The number of methoxy groups -OCH3 is 1. The minimum absolute atomic E-state index is 0.853. The van der Waals surface area contributed by atoms with E-state index in [-0.39, 0.29) is 0 Å². The maximum Gasteiger partial charge on any atom is 0.490 e. The number of aromatic nitrogens is 3. The lowest BCUT2D eigenvalue weighted by Gasteiger charge is -2.12. The Hall–Kier alpha value is -2.95. The zero-order valence-electron chi connectivity index (χ0n) is 20.8. The summed E-state index contributed by atoms with van der Waals surface area (Å²) < 4.78 is 39.4. The number of alkyl halides is 3. The monoisotopic (exact) mass is 526 g/mol. The number of anilines is 1. The fourth-order valence-electron chi connectivity index (χ4n) is 3.31. The Morgan fingerprint density at radius 3 is 2.53 bits per heavy atom. The molecule has 7 nitrogen and oxygen atoms in total. The van der Waals surface area contributed by atoms with Gasteiger partial charge in [-0.2, -0.15) is 13.2 Å². The number of aliphatic carboxylic acids is 1. The van der Waals surface area contributed by atoms with E-state index in [1.165, 1.54) is 30.6 Å². The molecule has 0 radical (unpaired) electrons. The molecule has 0 fully saturated rings. The number of thioether (sulfide) groups is 1. The third-order valence-electron chi connectivity index (χ3n) is 5.19. The number of rotatable bonds is 12. The average Bonchev–Trinajstić information content (AvgIpc) is 3.22. The lowest BCUT2D eigenvalue weighted by Crippen LogP contribution is -2.21. The lowest BCUT2D eigenvalue weighted by atomic mass is 10.1. The van der Waals surface area contributed by atoms with Crippen molar-refractivity contribution in [2.45, 2.75) is 63.4 Å². The van der Waals surface area contributed by atoms with E-state index in [1.807, 2.05) is 18.0 Å². The molecule has 0 aliphatic rings. The molecule has 0 saturated heterocycles. The van der Waals surface area contributed by atoms with Crippen LogP contribution in [0.3, 0.4) is 0 Å². The molecule has 0 aliphatic carbocycles. The molecule has 0 atom stereocenters. The molecular formula is C25H33F3N4O3S. The third-order valence-corrected chi connectivity index (χ3v) is 6.31. The zero-order chi connectivity index (χ0) is 26.6. The standard InChI is InChI=1S/C23H32N4OS.C2HF3O2/c1-4-6-8-9-15-29-20-16-18(10-11-19(20)28-3)22-23(25-12-7-5-2)27-14-13-24-17-21(27)26-22;3-2(4,5)1(6)7/h10-11,13-14,16-17,25H,4-9,12,15H2,1-3H3;(H,6,7). The van der Waals surface area contributed by atoms with Crippen molar-refractivity contribution < 1.29 is 27.8 Å². The number of unbranched alkanes of at least 4 members (excludes halogenated alkanes) is 4. The fraction of sp³-hybridized carbons (Fsp3) is 0.480. The van der Waals surface area contributed by atoms with Crippen LogP contribution in [0.15, 0.2) is 41.7 Å². The van der Waals surface area contributed by atoms with Crippen LogP contribution in [0.4, 0.5) is 19.0 Å². The van der Waals surface area contributed by atoms with Crippen LogP contribution in [0.2, 0.25) is 0 Å². The van der Waals surface area contributed by atoms with Gasteiger partial charge in [-0.05, 0) is 36.8 Å². The Labute approximate surface area is 213 Å². The normalized spacial score (nSPS) is 11.2. The summed E-state index contributed by atoms with van der Waals surface area (Å²) in [5.41, 5.74) is 2.92. The van der Waals surface area contributed by atoms with Gasteiger partial charge in [0.25, 0.3) is 0 Å². The van der Waals surface area contributed by atoms with Crippen molar-refractivity contribution >= 4 is 29.2 Å². The molecular weight excluding hydrogens is 493 g/mol. The number of carbonyl (C=O) groups is 1. The van der Waals surface area contributed by atoms with Crippen molar-refractivity contribution in [2.24, 2.45) is 0 Å². The quantitative estimate of drug-likeness (QED) is 0.196. The van der Waals surface area contributed by atoms with E-state index >= 15 is 0 Å². The van der Waals surface area contributed by atoms with Crippen LogP contribution >= 0.6 is 11.8 Å². The summed E-state index contributed by atoms with van der Waals surface area (Å²) in [6.07, 6.45) is 7.86. The summed E-state index contributed by atoms with van der Waals surface area (Å²) in [6, 6.07) is 6.37. The van der Waals surface area contributed by atoms with Crippen molar-refractivity contribution in [1.29, 1.82) is 0 Å². The Kier molecular flexibility index (Phi) is 11.9. The summed E-state index contributed by atoms with van der Waals surface area (Å²) >= 11 is 1.87. The van der Waals surface area contributed by atoms with Gasteiger partial charge < -0.3 is 15.2 Å². The van der Waals surface area contributed by atoms with Crippen LogP contribution in [0.5, 0.6) is 5.75 Å². The SMILES string of the molecule is CCCCCCSc1cc(-c2nc3cnccn3c2NCCCC)ccc1OC.O=C(O)C(F)(F)F. The number of carboxylic acids is 1. The molecule has 2 heterocycles. The van der Waals surface area contributed by atoms with E-state index in [0.717, 1.165) is 53.6 Å². The second kappa shape index (κ2) is 14.6. The molecule has 0 saturated carbocycles. The predicted octanol–water partition coefficient (Wildman–Crippen LogP) is 6.92.